The zero-order valence-electron chi connectivity index (χ0n) is 14.2. The maximum atomic E-state index is 13.9. The van der Waals surface area contributed by atoms with Gasteiger partial charge in [0.1, 0.15) is 17.2 Å². The molecule has 0 amide bonds. The van der Waals surface area contributed by atoms with Gasteiger partial charge in [0.2, 0.25) is 5.78 Å². The quantitative estimate of drug-likeness (QED) is 0.473. The third kappa shape index (κ3) is 3.31. The number of fused-ring (bicyclic) bond motifs is 1. The van der Waals surface area contributed by atoms with E-state index in [0.717, 1.165) is 5.39 Å². The highest BCUT2D eigenvalue weighted by Gasteiger charge is 2.22. The molecule has 0 saturated carbocycles. The van der Waals surface area contributed by atoms with Gasteiger partial charge in [0, 0.05) is 23.1 Å². The van der Waals surface area contributed by atoms with Crippen LogP contribution in [0.5, 0.6) is 0 Å². The Morgan fingerprint density at radius 1 is 0.889 bits per heavy atom. The van der Waals surface area contributed by atoms with Crippen LogP contribution < -0.4 is 5.32 Å². The fraction of sp³-hybridized carbons (Fsp3) is 0.0455. The molecule has 27 heavy (non-hydrogen) atoms. The van der Waals surface area contributed by atoms with Crippen LogP contribution in [0.2, 0.25) is 0 Å². The number of para-hydroxylation sites is 1. The summed E-state index contributed by atoms with van der Waals surface area (Å²) in [6, 6.07) is 18.9. The molecule has 0 spiro atoms. The summed E-state index contributed by atoms with van der Waals surface area (Å²) < 4.78 is 32.9. The van der Waals surface area contributed by atoms with Crippen molar-refractivity contribution < 1.29 is 18.0 Å². The van der Waals surface area contributed by atoms with E-state index in [0.29, 0.717) is 22.4 Å². The number of anilines is 1. The van der Waals surface area contributed by atoms with Crippen LogP contribution >= 0.6 is 0 Å². The Morgan fingerprint density at radius 3 is 2.37 bits per heavy atom. The molecule has 5 heteroatoms. The second-order valence-corrected chi connectivity index (χ2v) is 6.08. The molecular weight excluding hydrogens is 348 g/mol. The van der Waals surface area contributed by atoms with Crippen molar-refractivity contribution in [3.05, 3.63) is 101 Å². The Morgan fingerprint density at radius 2 is 1.59 bits per heavy atom. The normalized spacial score (nSPS) is 10.9. The summed E-state index contributed by atoms with van der Waals surface area (Å²) in [6.07, 6.45) is 0. The summed E-state index contributed by atoms with van der Waals surface area (Å²) in [4.78, 5) is 12.9. The van der Waals surface area contributed by atoms with Gasteiger partial charge < -0.3 is 9.73 Å². The predicted molar refractivity (Wildman–Crippen MR) is 99.8 cm³/mol. The lowest BCUT2D eigenvalue weighted by atomic mass is 10.1. The Kier molecular flexibility index (Phi) is 4.42. The van der Waals surface area contributed by atoms with Crippen LogP contribution in [0.3, 0.4) is 0 Å². The van der Waals surface area contributed by atoms with Crippen LogP contribution in [0.25, 0.3) is 11.0 Å². The maximum Gasteiger partial charge on any atom is 0.230 e. The zero-order chi connectivity index (χ0) is 18.8. The third-order valence-electron chi connectivity index (χ3n) is 4.32. The lowest BCUT2D eigenvalue weighted by Crippen LogP contribution is -2.07. The van der Waals surface area contributed by atoms with Crippen molar-refractivity contribution in [2.24, 2.45) is 0 Å². The van der Waals surface area contributed by atoms with E-state index in [9.17, 15) is 13.6 Å². The number of furan rings is 1. The fourth-order valence-corrected chi connectivity index (χ4v) is 2.94. The molecule has 1 heterocycles. The summed E-state index contributed by atoms with van der Waals surface area (Å²) in [5.41, 5.74) is 1.81. The van der Waals surface area contributed by atoms with Crippen molar-refractivity contribution >= 4 is 22.4 Å². The van der Waals surface area contributed by atoms with Gasteiger partial charge in [0.15, 0.2) is 5.76 Å². The zero-order valence-corrected chi connectivity index (χ0v) is 14.2. The first-order valence-electron chi connectivity index (χ1n) is 8.42. The van der Waals surface area contributed by atoms with Gasteiger partial charge >= 0.3 is 0 Å². The predicted octanol–water partition coefficient (Wildman–Crippen LogP) is 5.55. The van der Waals surface area contributed by atoms with E-state index in [-0.39, 0.29) is 23.9 Å². The smallest absolute Gasteiger partial charge is 0.230 e. The molecule has 0 saturated heterocycles. The number of hydrogen-bond acceptors (Lipinski definition) is 3. The molecule has 3 nitrogen and oxygen atoms in total. The average Bonchev–Trinajstić information content (AvgIpc) is 3.06. The van der Waals surface area contributed by atoms with E-state index in [1.807, 2.05) is 12.1 Å². The van der Waals surface area contributed by atoms with Gasteiger partial charge in [0.25, 0.3) is 0 Å². The van der Waals surface area contributed by atoms with Gasteiger partial charge in [-0.05, 0) is 42.5 Å². The molecule has 0 unspecified atom stereocenters. The summed E-state index contributed by atoms with van der Waals surface area (Å²) in [7, 11) is 0. The molecule has 0 aliphatic rings. The molecule has 0 aliphatic heterocycles. The molecule has 1 aromatic heterocycles. The largest absolute Gasteiger partial charge is 0.450 e. The number of carbonyl (C=O) groups excluding carboxylic acids is 1. The fourth-order valence-electron chi connectivity index (χ4n) is 2.94. The maximum absolute atomic E-state index is 13.9. The van der Waals surface area contributed by atoms with Crippen molar-refractivity contribution in [3.63, 3.8) is 0 Å². The summed E-state index contributed by atoms with van der Waals surface area (Å²) in [5.74, 6) is -1.01. The average molecular weight is 363 g/mol. The Balaban J connectivity index is 1.74. The van der Waals surface area contributed by atoms with E-state index in [4.69, 9.17) is 4.42 Å². The topological polar surface area (TPSA) is 42.2 Å². The van der Waals surface area contributed by atoms with Crippen LogP contribution in [0.4, 0.5) is 14.5 Å². The number of nitrogens with one attached hydrogen (secondary N) is 1. The number of halogens is 2. The minimum absolute atomic E-state index is 0.110. The standard InChI is InChI=1S/C22H15F2NO2/c23-16-11-9-14(10-12-16)21(26)22-20(17-6-2-4-8-19(17)27-22)25-13-15-5-1-3-7-18(15)24/h1-12,25H,13H2. The first kappa shape index (κ1) is 17.0. The van der Waals surface area contributed by atoms with Gasteiger partial charge in [-0.25, -0.2) is 8.78 Å². The highest BCUT2D eigenvalue weighted by atomic mass is 19.1. The van der Waals surface area contributed by atoms with Gasteiger partial charge in [-0.2, -0.15) is 0 Å². The molecule has 4 aromatic rings. The molecule has 134 valence electrons. The van der Waals surface area contributed by atoms with E-state index in [1.165, 1.54) is 30.3 Å². The van der Waals surface area contributed by atoms with Gasteiger partial charge in [-0.15, -0.1) is 0 Å². The Labute approximate surface area is 154 Å². The molecule has 1 N–H and O–H groups in total. The molecule has 0 atom stereocenters. The monoisotopic (exact) mass is 363 g/mol. The first-order chi connectivity index (χ1) is 13.1. The number of hydrogen-bond donors (Lipinski definition) is 1. The highest BCUT2D eigenvalue weighted by Crippen LogP contribution is 2.33. The van der Waals surface area contributed by atoms with Crippen molar-refractivity contribution in [2.75, 3.05) is 5.32 Å². The number of rotatable bonds is 5. The van der Waals surface area contributed by atoms with Crippen LogP contribution in [-0.4, -0.2) is 5.78 Å². The molecule has 4 rings (SSSR count). The second-order valence-electron chi connectivity index (χ2n) is 6.08. The summed E-state index contributed by atoms with van der Waals surface area (Å²) in [6.45, 7) is 0.194. The number of carbonyl (C=O) groups is 1. The minimum atomic E-state index is -0.422. The Bertz CT molecular complexity index is 1120. The van der Waals surface area contributed by atoms with Crippen molar-refractivity contribution in [1.82, 2.24) is 0 Å². The molecule has 0 aliphatic carbocycles. The van der Waals surface area contributed by atoms with Gasteiger partial charge in [-0.3, -0.25) is 4.79 Å². The molecule has 0 bridgehead atoms. The van der Waals surface area contributed by atoms with E-state index in [2.05, 4.69) is 5.32 Å². The van der Waals surface area contributed by atoms with Crippen molar-refractivity contribution in [1.29, 1.82) is 0 Å². The lowest BCUT2D eigenvalue weighted by molar-refractivity contribution is 0.101. The number of ketones is 1. The van der Waals surface area contributed by atoms with E-state index in [1.54, 1.807) is 30.3 Å². The SMILES string of the molecule is O=C(c1ccc(F)cc1)c1oc2ccccc2c1NCc1ccccc1F. The Hall–Kier alpha value is -3.47. The van der Waals surface area contributed by atoms with Crippen molar-refractivity contribution in [2.45, 2.75) is 6.54 Å². The van der Waals surface area contributed by atoms with Crippen molar-refractivity contribution in [3.8, 4) is 0 Å². The molecule has 3 aromatic carbocycles. The summed E-state index contributed by atoms with van der Waals surface area (Å²) >= 11 is 0. The first-order valence-corrected chi connectivity index (χ1v) is 8.42. The summed E-state index contributed by atoms with van der Waals surface area (Å²) in [5, 5.41) is 3.85. The molecular formula is C22H15F2NO2. The second kappa shape index (κ2) is 7.03. The van der Waals surface area contributed by atoms with Crippen LogP contribution in [0.15, 0.2) is 77.2 Å². The minimum Gasteiger partial charge on any atom is -0.450 e. The van der Waals surface area contributed by atoms with Gasteiger partial charge in [0.05, 0.1) is 5.69 Å². The van der Waals surface area contributed by atoms with E-state index >= 15 is 0 Å². The van der Waals surface area contributed by atoms with Crippen LogP contribution in [0, 0.1) is 11.6 Å². The van der Waals surface area contributed by atoms with Crippen LogP contribution in [0.1, 0.15) is 21.7 Å². The molecule has 0 fully saturated rings. The molecule has 0 radical (unpaired) electrons. The van der Waals surface area contributed by atoms with Crippen LogP contribution in [-0.2, 0) is 6.54 Å². The number of benzene rings is 3. The lowest BCUT2D eigenvalue weighted by Gasteiger charge is -2.08. The highest BCUT2D eigenvalue weighted by molar-refractivity contribution is 6.14. The van der Waals surface area contributed by atoms with Gasteiger partial charge in [-0.1, -0.05) is 30.3 Å². The third-order valence-corrected chi connectivity index (χ3v) is 4.32. The van der Waals surface area contributed by atoms with E-state index < -0.39 is 5.82 Å².